The average molecular weight is 353 g/mol. The number of rotatable bonds is 3. The smallest absolute Gasteiger partial charge is 0.251 e. The monoisotopic (exact) mass is 352 g/mol. The molecule has 1 atom stereocenters. The summed E-state index contributed by atoms with van der Waals surface area (Å²) in [5.41, 5.74) is 0. The quantitative estimate of drug-likeness (QED) is 0.864. The van der Waals surface area contributed by atoms with Gasteiger partial charge in [-0.05, 0) is 46.6 Å². The number of carbonyl (C=O) groups excluding carboxylic acids is 1. The second-order valence-electron chi connectivity index (χ2n) is 4.02. The molecule has 0 saturated carbocycles. The van der Waals surface area contributed by atoms with Crippen LogP contribution in [0.5, 0.6) is 0 Å². The topological polar surface area (TPSA) is 75.3 Å². The van der Waals surface area contributed by atoms with E-state index in [9.17, 15) is 13.2 Å². The summed E-state index contributed by atoms with van der Waals surface area (Å²) < 4.78 is 27.5. The van der Waals surface area contributed by atoms with Crippen LogP contribution >= 0.6 is 27.3 Å². The van der Waals surface area contributed by atoms with E-state index in [4.69, 9.17) is 0 Å². The lowest BCUT2D eigenvalue weighted by atomic mass is 10.1. The molecule has 0 spiro atoms. The Balaban J connectivity index is 2.17. The second kappa shape index (κ2) is 5.68. The molecule has 2 N–H and O–H groups in total. The molecule has 18 heavy (non-hydrogen) atoms. The van der Waals surface area contributed by atoms with Gasteiger partial charge in [-0.25, -0.2) is 8.42 Å². The molecule has 1 fully saturated rings. The van der Waals surface area contributed by atoms with Crippen molar-refractivity contribution in [3.05, 3.63) is 15.9 Å². The van der Waals surface area contributed by atoms with E-state index >= 15 is 0 Å². The Labute approximate surface area is 118 Å². The summed E-state index contributed by atoms with van der Waals surface area (Å²) in [5.74, 6) is -0.247. The average Bonchev–Trinajstić information content (AvgIpc) is 2.64. The maximum atomic E-state index is 12.1. The van der Waals surface area contributed by atoms with Crippen LogP contribution in [0.25, 0.3) is 0 Å². The number of thiophene rings is 1. The van der Waals surface area contributed by atoms with E-state index < -0.39 is 16.1 Å². The lowest BCUT2D eigenvalue weighted by Gasteiger charge is -2.14. The predicted octanol–water partition coefficient (Wildman–Crippen LogP) is 1.46. The van der Waals surface area contributed by atoms with Crippen LogP contribution in [-0.2, 0) is 14.8 Å². The Morgan fingerprint density at radius 2 is 2.22 bits per heavy atom. The van der Waals surface area contributed by atoms with Crippen LogP contribution in [0.4, 0.5) is 0 Å². The first-order valence-electron chi connectivity index (χ1n) is 5.54. The number of hydrogen-bond acceptors (Lipinski definition) is 4. The van der Waals surface area contributed by atoms with Gasteiger partial charge in [0.25, 0.3) is 10.0 Å². The molecule has 1 aromatic heterocycles. The molecule has 8 heteroatoms. The van der Waals surface area contributed by atoms with Crippen molar-refractivity contribution < 1.29 is 13.2 Å². The third kappa shape index (κ3) is 3.11. The highest BCUT2D eigenvalue weighted by Gasteiger charge is 2.28. The first-order chi connectivity index (χ1) is 8.50. The second-order valence-corrected chi connectivity index (χ2v) is 7.70. The molecule has 0 aliphatic carbocycles. The predicted molar refractivity (Wildman–Crippen MR) is 73.0 cm³/mol. The Morgan fingerprint density at radius 1 is 1.44 bits per heavy atom. The zero-order chi connectivity index (χ0) is 13.2. The van der Waals surface area contributed by atoms with Crippen molar-refractivity contribution in [2.75, 3.05) is 6.54 Å². The van der Waals surface area contributed by atoms with Crippen molar-refractivity contribution in [3.63, 3.8) is 0 Å². The van der Waals surface area contributed by atoms with Gasteiger partial charge >= 0.3 is 0 Å². The largest absolute Gasteiger partial charge is 0.355 e. The van der Waals surface area contributed by atoms with Crippen LogP contribution in [0.2, 0.25) is 0 Å². The first-order valence-corrected chi connectivity index (χ1v) is 8.69. The molecule has 5 nitrogen and oxygen atoms in total. The van der Waals surface area contributed by atoms with Gasteiger partial charge in [0.1, 0.15) is 10.3 Å². The van der Waals surface area contributed by atoms with E-state index in [0.29, 0.717) is 17.4 Å². The summed E-state index contributed by atoms with van der Waals surface area (Å²) in [5, 5.41) is 4.39. The van der Waals surface area contributed by atoms with Crippen LogP contribution < -0.4 is 10.0 Å². The SMILES string of the molecule is O=C1NCCCCC1NS(=O)(=O)c1sccc1Br. The molecule has 1 amide bonds. The lowest BCUT2D eigenvalue weighted by molar-refractivity contribution is -0.122. The van der Waals surface area contributed by atoms with E-state index in [0.717, 1.165) is 24.2 Å². The Kier molecular flexibility index (Phi) is 4.41. The van der Waals surface area contributed by atoms with Crippen molar-refractivity contribution in [2.24, 2.45) is 0 Å². The van der Waals surface area contributed by atoms with Crippen molar-refractivity contribution in [1.29, 1.82) is 0 Å². The Hall–Kier alpha value is -0.440. The molecule has 0 radical (unpaired) electrons. The molecule has 100 valence electrons. The Morgan fingerprint density at radius 3 is 2.89 bits per heavy atom. The van der Waals surface area contributed by atoms with Crippen molar-refractivity contribution in [2.45, 2.75) is 29.5 Å². The van der Waals surface area contributed by atoms with Gasteiger partial charge in [-0.3, -0.25) is 4.79 Å². The molecule has 2 rings (SSSR count). The number of amides is 1. The number of sulfonamides is 1. The summed E-state index contributed by atoms with van der Waals surface area (Å²) >= 11 is 4.31. The van der Waals surface area contributed by atoms with Crippen LogP contribution in [-0.4, -0.2) is 26.9 Å². The fourth-order valence-corrected chi connectivity index (χ4v) is 5.35. The van der Waals surface area contributed by atoms with Crippen LogP contribution in [0.3, 0.4) is 0 Å². The number of nitrogens with one attached hydrogen (secondary N) is 2. The summed E-state index contributed by atoms with van der Waals surface area (Å²) in [4.78, 5) is 11.7. The summed E-state index contributed by atoms with van der Waals surface area (Å²) in [7, 11) is -3.64. The van der Waals surface area contributed by atoms with Gasteiger partial charge < -0.3 is 5.32 Å². The third-order valence-electron chi connectivity index (χ3n) is 2.66. The minimum absolute atomic E-state index is 0.208. The van der Waals surface area contributed by atoms with E-state index in [1.54, 1.807) is 11.4 Å². The fraction of sp³-hybridized carbons (Fsp3) is 0.500. The van der Waals surface area contributed by atoms with Gasteiger partial charge in [-0.2, -0.15) is 4.72 Å². The zero-order valence-electron chi connectivity index (χ0n) is 9.48. The van der Waals surface area contributed by atoms with Gasteiger partial charge in [0, 0.05) is 11.0 Å². The van der Waals surface area contributed by atoms with Gasteiger partial charge in [0.05, 0.1) is 0 Å². The van der Waals surface area contributed by atoms with Gasteiger partial charge in [0.15, 0.2) is 0 Å². The highest BCUT2D eigenvalue weighted by Crippen LogP contribution is 2.27. The number of halogens is 1. The molecular formula is C10H13BrN2O3S2. The molecule has 0 bridgehead atoms. The molecular weight excluding hydrogens is 340 g/mol. The molecule has 2 heterocycles. The van der Waals surface area contributed by atoms with E-state index in [1.807, 2.05) is 0 Å². The van der Waals surface area contributed by atoms with Crippen LogP contribution in [0, 0.1) is 0 Å². The first kappa shape index (κ1) is 14.0. The summed E-state index contributed by atoms with van der Waals surface area (Å²) in [6.07, 6.45) is 2.25. The maximum Gasteiger partial charge on any atom is 0.251 e. The standard InChI is InChI=1S/C10H13BrN2O3S2/c11-7-4-6-17-10(7)18(15,16)13-8-3-1-2-5-12-9(8)14/h4,6,8,13H,1-3,5H2,(H,12,14). The fourth-order valence-electron chi connectivity index (χ4n) is 1.76. The van der Waals surface area contributed by atoms with Gasteiger partial charge in [-0.1, -0.05) is 0 Å². The summed E-state index contributed by atoms with van der Waals surface area (Å²) in [6.45, 7) is 0.611. The van der Waals surface area contributed by atoms with Crippen molar-refractivity contribution in [1.82, 2.24) is 10.0 Å². The van der Waals surface area contributed by atoms with Crippen molar-refractivity contribution >= 4 is 43.2 Å². The van der Waals surface area contributed by atoms with Gasteiger partial charge in [-0.15, -0.1) is 11.3 Å². The highest BCUT2D eigenvalue weighted by molar-refractivity contribution is 9.10. The minimum atomic E-state index is -3.64. The highest BCUT2D eigenvalue weighted by atomic mass is 79.9. The lowest BCUT2D eigenvalue weighted by Crippen LogP contribution is -2.45. The molecule has 1 aromatic rings. The minimum Gasteiger partial charge on any atom is -0.355 e. The molecule has 1 aliphatic heterocycles. The zero-order valence-corrected chi connectivity index (χ0v) is 12.7. The molecule has 1 saturated heterocycles. The van der Waals surface area contributed by atoms with Crippen molar-refractivity contribution in [3.8, 4) is 0 Å². The van der Waals surface area contributed by atoms with Crippen LogP contribution in [0.1, 0.15) is 19.3 Å². The third-order valence-corrected chi connectivity index (χ3v) is 6.80. The number of hydrogen-bond donors (Lipinski definition) is 2. The van der Waals surface area contributed by atoms with E-state index in [2.05, 4.69) is 26.0 Å². The normalized spacial score (nSPS) is 21.4. The molecule has 0 aromatic carbocycles. The van der Waals surface area contributed by atoms with Crippen LogP contribution in [0.15, 0.2) is 20.1 Å². The Bertz CT molecular complexity index is 541. The molecule has 1 aliphatic rings. The van der Waals surface area contributed by atoms with Gasteiger partial charge in [0.2, 0.25) is 5.91 Å². The van der Waals surface area contributed by atoms with E-state index in [-0.39, 0.29) is 10.1 Å². The number of carbonyl (C=O) groups is 1. The van der Waals surface area contributed by atoms with E-state index in [1.165, 1.54) is 0 Å². The molecule has 1 unspecified atom stereocenters. The maximum absolute atomic E-state index is 12.1. The summed E-state index contributed by atoms with van der Waals surface area (Å²) in [6, 6.07) is 0.998.